The third-order valence-corrected chi connectivity index (χ3v) is 6.76. The second-order valence-corrected chi connectivity index (χ2v) is 9.91. The van der Waals surface area contributed by atoms with Gasteiger partial charge in [-0.05, 0) is 48.9 Å². The average Bonchev–Trinajstić information content (AvgIpc) is 3.03. The van der Waals surface area contributed by atoms with Crippen LogP contribution in [0.25, 0.3) is 0 Å². The van der Waals surface area contributed by atoms with Crippen LogP contribution in [0.1, 0.15) is 28.4 Å². The molecule has 4 rings (SSSR count). The van der Waals surface area contributed by atoms with Crippen molar-refractivity contribution in [3.8, 4) is 11.5 Å². The van der Waals surface area contributed by atoms with E-state index in [1.54, 1.807) is 104 Å². The molecule has 0 heterocycles. The Kier molecular flexibility index (Phi) is 10.3. The number of nitrogens with zero attached hydrogens (tertiary/aromatic N) is 1. The van der Waals surface area contributed by atoms with Gasteiger partial charge in [-0.2, -0.15) is 0 Å². The van der Waals surface area contributed by atoms with Crippen LogP contribution in [-0.2, 0) is 16.0 Å². The highest BCUT2D eigenvalue weighted by Crippen LogP contribution is 2.24. The number of carboxylic acids is 1. The first-order valence-corrected chi connectivity index (χ1v) is 13.8. The van der Waals surface area contributed by atoms with Crippen LogP contribution >= 0.6 is 0 Å². The van der Waals surface area contributed by atoms with E-state index in [9.17, 15) is 19.5 Å². The summed E-state index contributed by atoms with van der Waals surface area (Å²) in [5.74, 6) is -0.234. The van der Waals surface area contributed by atoms with Crippen molar-refractivity contribution >= 4 is 29.0 Å². The first-order chi connectivity index (χ1) is 20.8. The molecule has 0 saturated heterocycles. The van der Waals surface area contributed by atoms with Gasteiger partial charge in [0.25, 0.3) is 5.91 Å². The fourth-order valence-corrected chi connectivity index (χ4v) is 4.51. The normalized spacial score (nSPS) is 11.2. The Bertz CT molecular complexity index is 1580. The molecule has 0 unspecified atom stereocenters. The van der Waals surface area contributed by atoms with Gasteiger partial charge in [-0.25, -0.2) is 4.79 Å². The number of aliphatic carboxylic acids is 1. The van der Waals surface area contributed by atoms with E-state index >= 15 is 0 Å². The van der Waals surface area contributed by atoms with Gasteiger partial charge in [0.1, 0.15) is 24.1 Å². The lowest BCUT2D eigenvalue weighted by Gasteiger charge is -2.23. The van der Waals surface area contributed by atoms with Crippen LogP contribution in [0.3, 0.4) is 0 Å². The second-order valence-electron chi connectivity index (χ2n) is 9.91. The number of hydrogen-bond acceptors (Lipinski definition) is 6. The summed E-state index contributed by atoms with van der Waals surface area (Å²) in [6.45, 7) is 5.95. The van der Waals surface area contributed by atoms with Crippen LogP contribution in [0.5, 0.6) is 11.5 Å². The van der Waals surface area contributed by atoms with Crippen molar-refractivity contribution in [3.63, 3.8) is 0 Å². The predicted molar refractivity (Wildman–Crippen MR) is 167 cm³/mol. The minimum atomic E-state index is -1.04. The smallest absolute Gasteiger partial charge is 0.326 e. The number of carboxylic acid groups (broad SMARTS) is 1. The quantitative estimate of drug-likeness (QED) is 0.139. The molecule has 0 fully saturated rings. The SMILES string of the molecule is C=C(C)C(=O)N(CCOc1ccc(C[C@H](Nc2ccccc2C(=O)c2ccccc2)C(=O)O)cc1)c1cccc(OC)c1. The maximum Gasteiger partial charge on any atom is 0.326 e. The van der Waals surface area contributed by atoms with Crippen molar-refractivity contribution in [2.45, 2.75) is 19.4 Å². The van der Waals surface area contributed by atoms with E-state index in [1.807, 2.05) is 18.2 Å². The highest BCUT2D eigenvalue weighted by atomic mass is 16.5. The lowest BCUT2D eigenvalue weighted by atomic mass is 10.00. The van der Waals surface area contributed by atoms with Crippen molar-refractivity contribution in [3.05, 3.63) is 132 Å². The zero-order chi connectivity index (χ0) is 30.8. The molecule has 8 heteroatoms. The Labute approximate surface area is 251 Å². The molecule has 0 aliphatic heterocycles. The number of amides is 1. The summed E-state index contributed by atoms with van der Waals surface area (Å²) in [5, 5.41) is 13.0. The predicted octanol–water partition coefficient (Wildman–Crippen LogP) is 6.02. The number of methoxy groups -OCH3 is 1. The van der Waals surface area contributed by atoms with Crippen molar-refractivity contribution in [1.82, 2.24) is 0 Å². The van der Waals surface area contributed by atoms with Crippen LogP contribution in [-0.4, -0.2) is 49.1 Å². The molecule has 0 aromatic heterocycles. The second kappa shape index (κ2) is 14.5. The Morgan fingerprint density at radius 1 is 0.884 bits per heavy atom. The Balaban J connectivity index is 1.40. The van der Waals surface area contributed by atoms with Crippen LogP contribution in [0.15, 0.2) is 115 Å². The van der Waals surface area contributed by atoms with Crippen molar-refractivity contribution in [2.24, 2.45) is 0 Å². The fourth-order valence-electron chi connectivity index (χ4n) is 4.51. The highest BCUT2D eigenvalue weighted by molar-refractivity contribution is 6.12. The molecule has 0 spiro atoms. The van der Waals surface area contributed by atoms with E-state index < -0.39 is 12.0 Å². The van der Waals surface area contributed by atoms with Gasteiger partial charge in [0.15, 0.2) is 5.78 Å². The zero-order valence-electron chi connectivity index (χ0n) is 24.2. The molecule has 0 aliphatic rings. The van der Waals surface area contributed by atoms with Crippen LogP contribution < -0.4 is 19.7 Å². The number of nitrogens with one attached hydrogen (secondary N) is 1. The van der Waals surface area contributed by atoms with Crippen molar-refractivity contribution in [2.75, 3.05) is 30.5 Å². The maximum absolute atomic E-state index is 13.1. The van der Waals surface area contributed by atoms with Gasteiger partial charge >= 0.3 is 5.97 Å². The number of hydrogen-bond donors (Lipinski definition) is 2. The molecule has 8 nitrogen and oxygen atoms in total. The Hall–Kier alpha value is -5.37. The van der Waals surface area contributed by atoms with Gasteiger partial charge in [0.05, 0.1) is 13.7 Å². The molecule has 43 heavy (non-hydrogen) atoms. The molecule has 2 N–H and O–H groups in total. The summed E-state index contributed by atoms with van der Waals surface area (Å²) in [4.78, 5) is 39.7. The maximum atomic E-state index is 13.1. The number of ether oxygens (including phenoxy) is 2. The lowest BCUT2D eigenvalue weighted by Crippen LogP contribution is -2.35. The van der Waals surface area contributed by atoms with Gasteiger partial charge in [-0.1, -0.05) is 67.2 Å². The summed E-state index contributed by atoms with van der Waals surface area (Å²) >= 11 is 0. The van der Waals surface area contributed by atoms with Gasteiger partial charge in [0, 0.05) is 40.6 Å². The van der Waals surface area contributed by atoms with E-state index in [2.05, 4.69) is 11.9 Å². The largest absolute Gasteiger partial charge is 0.497 e. The fraction of sp³-hybridized carbons (Fsp3) is 0.171. The van der Waals surface area contributed by atoms with E-state index in [0.717, 1.165) is 5.56 Å². The van der Waals surface area contributed by atoms with E-state index in [-0.39, 0.29) is 31.3 Å². The number of carbonyl (C=O) groups is 3. The van der Waals surface area contributed by atoms with Gasteiger partial charge in [-0.3, -0.25) is 9.59 Å². The minimum Gasteiger partial charge on any atom is -0.497 e. The molecular formula is C35H34N2O6. The molecule has 0 radical (unpaired) electrons. The molecule has 4 aromatic rings. The molecule has 1 atom stereocenters. The summed E-state index contributed by atoms with van der Waals surface area (Å²) in [6.07, 6.45) is 0.181. The van der Waals surface area contributed by atoms with Crippen LogP contribution in [0, 0.1) is 0 Å². The number of rotatable bonds is 14. The van der Waals surface area contributed by atoms with E-state index in [4.69, 9.17) is 9.47 Å². The average molecular weight is 579 g/mol. The zero-order valence-corrected chi connectivity index (χ0v) is 24.2. The van der Waals surface area contributed by atoms with Crippen LogP contribution in [0.4, 0.5) is 11.4 Å². The van der Waals surface area contributed by atoms with Gasteiger partial charge in [-0.15, -0.1) is 0 Å². The first kappa shape index (κ1) is 30.6. The number of benzene rings is 4. The van der Waals surface area contributed by atoms with Gasteiger partial charge in [0.2, 0.25) is 0 Å². The number of ketones is 1. The Morgan fingerprint density at radius 2 is 1.58 bits per heavy atom. The third kappa shape index (κ3) is 8.10. The topological polar surface area (TPSA) is 105 Å². The van der Waals surface area contributed by atoms with Crippen molar-refractivity contribution < 1.29 is 29.0 Å². The molecule has 0 saturated carbocycles. The molecule has 4 aromatic carbocycles. The Morgan fingerprint density at radius 3 is 2.26 bits per heavy atom. The molecule has 1 amide bonds. The summed E-state index contributed by atoms with van der Waals surface area (Å²) in [6, 6.07) is 29.1. The standard InChI is InChI=1S/C35H34N2O6/c1-24(2)34(39)37(27-12-9-13-29(23-27)42-3)20-21-43-28-18-16-25(17-19-28)22-32(35(40)41)36-31-15-8-7-14-30(31)33(38)26-10-5-4-6-11-26/h4-19,23,32,36H,1,20-22H2,2-3H3,(H,40,41)/t32-/m0/s1. The summed E-state index contributed by atoms with van der Waals surface area (Å²) in [5.41, 5.74) is 3.22. The molecule has 0 aliphatic carbocycles. The van der Waals surface area contributed by atoms with E-state index in [1.165, 1.54) is 0 Å². The first-order valence-electron chi connectivity index (χ1n) is 13.8. The van der Waals surface area contributed by atoms with E-state index in [0.29, 0.717) is 39.6 Å². The monoisotopic (exact) mass is 578 g/mol. The van der Waals surface area contributed by atoms with Crippen LogP contribution in [0.2, 0.25) is 0 Å². The summed E-state index contributed by atoms with van der Waals surface area (Å²) in [7, 11) is 1.57. The molecule has 0 bridgehead atoms. The van der Waals surface area contributed by atoms with Crippen molar-refractivity contribution in [1.29, 1.82) is 0 Å². The molecular weight excluding hydrogens is 544 g/mol. The molecule has 220 valence electrons. The lowest BCUT2D eigenvalue weighted by molar-refractivity contribution is -0.137. The number of para-hydroxylation sites is 1. The number of carbonyl (C=O) groups excluding carboxylic acids is 2. The third-order valence-electron chi connectivity index (χ3n) is 6.76. The number of anilines is 2. The highest BCUT2D eigenvalue weighted by Gasteiger charge is 2.22. The van der Waals surface area contributed by atoms with Gasteiger partial charge < -0.3 is 24.8 Å². The minimum absolute atomic E-state index is 0.181. The summed E-state index contributed by atoms with van der Waals surface area (Å²) < 4.78 is 11.2.